The lowest BCUT2D eigenvalue weighted by molar-refractivity contribution is -0.149. The summed E-state index contributed by atoms with van der Waals surface area (Å²) in [6.45, 7) is 13.6. The number of nitrogens with two attached hydrogens (primary N) is 1. The Hall–Kier alpha value is -3.88. The lowest BCUT2D eigenvalue weighted by atomic mass is 9.95. The van der Waals surface area contributed by atoms with E-state index in [1.54, 1.807) is 31.2 Å². The van der Waals surface area contributed by atoms with Crippen molar-refractivity contribution >= 4 is 41.0 Å². The number of ether oxygens (including phenoxy) is 2. The molecule has 13 nitrogen and oxygen atoms in total. The van der Waals surface area contributed by atoms with Gasteiger partial charge in [0.2, 0.25) is 11.8 Å². The predicted octanol–water partition coefficient (Wildman–Crippen LogP) is 6.21. The van der Waals surface area contributed by atoms with Gasteiger partial charge in [-0.2, -0.15) is 0 Å². The molecule has 6 atom stereocenters. The number of hydrogen-bond donors (Lipinski definition) is 3. The highest BCUT2D eigenvalue weighted by Gasteiger charge is 2.36. The molecule has 0 spiro atoms. The highest BCUT2D eigenvalue weighted by Crippen LogP contribution is 2.31. The lowest BCUT2D eigenvalue weighted by Crippen LogP contribution is -2.56. The standard InChI is InChI=1S/C44H70N6O7S/c1-8-19-35(47-41(53)37-22-15-18-25-50(37)24-17-11-10-16-23-45)43(54)49(7)38(30(3)4)28-39(57-32(6)51)42-48-36(29-58-42)40(52)46-34(26-31(5)44(55)56-9-2)27-33-20-13-12-14-21-33/h12-14,20-21,29-31,34-35,37-39H,8-11,15-19,22-28,45H2,1-7H3,(H,46,52)(H,47,53)/t31?,34?,35-,37-,38?,39?/m0/s1. The third-order valence-electron chi connectivity index (χ3n) is 10.9. The quantitative estimate of drug-likeness (QED) is 0.0772. The fourth-order valence-corrected chi connectivity index (χ4v) is 8.63. The summed E-state index contributed by atoms with van der Waals surface area (Å²) >= 11 is 1.21. The number of thiazole rings is 1. The smallest absolute Gasteiger partial charge is 0.308 e. The highest BCUT2D eigenvalue weighted by molar-refractivity contribution is 7.09. The Kier molecular flexibility index (Phi) is 21.4. The average Bonchev–Trinajstić information content (AvgIpc) is 3.70. The molecule has 1 aliphatic heterocycles. The van der Waals surface area contributed by atoms with E-state index in [2.05, 4.69) is 20.5 Å². The highest BCUT2D eigenvalue weighted by atomic mass is 32.1. The van der Waals surface area contributed by atoms with Gasteiger partial charge in [-0.3, -0.25) is 28.9 Å². The monoisotopic (exact) mass is 827 g/mol. The maximum absolute atomic E-state index is 14.3. The van der Waals surface area contributed by atoms with Crippen LogP contribution >= 0.6 is 11.3 Å². The molecule has 3 amide bonds. The van der Waals surface area contributed by atoms with E-state index < -0.39 is 29.9 Å². The lowest BCUT2D eigenvalue weighted by Gasteiger charge is -2.37. The molecule has 4 N–H and O–H groups in total. The number of carbonyl (C=O) groups is 5. The number of nitrogens with zero attached hydrogens (tertiary/aromatic N) is 3. The molecule has 324 valence electrons. The number of esters is 2. The number of rotatable bonds is 25. The third kappa shape index (κ3) is 15.7. The van der Waals surface area contributed by atoms with Crippen LogP contribution in [0.5, 0.6) is 0 Å². The van der Waals surface area contributed by atoms with Gasteiger partial charge in [-0.1, -0.05) is 83.7 Å². The van der Waals surface area contributed by atoms with Crippen molar-refractivity contribution < 1.29 is 33.4 Å². The third-order valence-corrected chi connectivity index (χ3v) is 11.8. The van der Waals surface area contributed by atoms with E-state index in [0.717, 1.165) is 63.6 Å². The maximum Gasteiger partial charge on any atom is 0.308 e. The van der Waals surface area contributed by atoms with Crippen molar-refractivity contribution in [1.29, 1.82) is 0 Å². The van der Waals surface area contributed by atoms with Gasteiger partial charge in [-0.25, -0.2) is 4.98 Å². The van der Waals surface area contributed by atoms with E-state index in [-0.39, 0.29) is 60.5 Å². The second-order valence-corrected chi connectivity index (χ2v) is 16.9. The molecule has 0 radical (unpaired) electrons. The van der Waals surface area contributed by atoms with Gasteiger partial charge in [0.15, 0.2) is 6.10 Å². The number of aromatic nitrogens is 1. The van der Waals surface area contributed by atoms with Crippen LogP contribution in [0.15, 0.2) is 35.7 Å². The molecule has 14 heteroatoms. The topological polar surface area (TPSA) is 173 Å². The maximum atomic E-state index is 14.3. The number of hydrogen-bond acceptors (Lipinski definition) is 11. The molecule has 1 aliphatic rings. The average molecular weight is 827 g/mol. The Bertz CT molecular complexity index is 1570. The van der Waals surface area contributed by atoms with E-state index in [0.29, 0.717) is 37.2 Å². The van der Waals surface area contributed by atoms with Crippen molar-refractivity contribution in [3.8, 4) is 0 Å². The summed E-state index contributed by atoms with van der Waals surface area (Å²) in [7, 11) is 1.74. The van der Waals surface area contributed by atoms with Crippen molar-refractivity contribution in [2.24, 2.45) is 17.6 Å². The molecular weight excluding hydrogens is 757 g/mol. The molecular formula is C44H70N6O7S. The normalized spacial score (nSPS) is 17.1. The molecule has 0 saturated carbocycles. The Balaban J connectivity index is 1.76. The van der Waals surface area contributed by atoms with Gasteiger partial charge in [0.1, 0.15) is 16.7 Å². The number of carbonyl (C=O) groups excluding carboxylic acids is 5. The summed E-state index contributed by atoms with van der Waals surface area (Å²) in [5.41, 5.74) is 6.84. The van der Waals surface area contributed by atoms with Crippen LogP contribution in [0.4, 0.5) is 0 Å². The summed E-state index contributed by atoms with van der Waals surface area (Å²) in [5.74, 6) is -2.01. The first-order valence-electron chi connectivity index (χ1n) is 21.4. The zero-order valence-corrected chi connectivity index (χ0v) is 36.8. The number of nitrogens with one attached hydrogen (secondary N) is 2. The Morgan fingerprint density at radius 1 is 1.00 bits per heavy atom. The molecule has 1 fully saturated rings. The molecule has 2 heterocycles. The number of benzene rings is 1. The fourth-order valence-electron chi connectivity index (χ4n) is 7.79. The van der Waals surface area contributed by atoms with Crippen LogP contribution in [-0.4, -0.2) is 102 Å². The van der Waals surface area contributed by atoms with Gasteiger partial charge >= 0.3 is 11.9 Å². The minimum absolute atomic E-state index is 0.0408. The molecule has 58 heavy (non-hydrogen) atoms. The number of likely N-dealkylation sites (tertiary alicyclic amines) is 1. The van der Waals surface area contributed by atoms with Crippen molar-refractivity contribution in [3.63, 3.8) is 0 Å². The molecule has 1 aromatic heterocycles. The van der Waals surface area contributed by atoms with Crippen LogP contribution < -0.4 is 16.4 Å². The SMILES string of the molecule is CCC[C@H](NC(=O)[C@@H]1CCCCN1CCCCCCN)C(=O)N(C)C(CC(OC(C)=O)c1nc(C(=O)NC(Cc2ccccc2)CC(C)C(=O)OCC)cs1)C(C)C. The first-order valence-corrected chi connectivity index (χ1v) is 22.3. The van der Waals surface area contributed by atoms with Gasteiger partial charge in [0.05, 0.1) is 18.6 Å². The summed E-state index contributed by atoms with van der Waals surface area (Å²) in [6, 6.07) is 8.01. The van der Waals surface area contributed by atoms with Crippen LogP contribution in [-0.2, 0) is 35.1 Å². The number of piperidine rings is 1. The predicted molar refractivity (Wildman–Crippen MR) is 228 cm³/mol. The summed E-state index contributed by atoms with van der Waals surface area (Å²) < 4.78 is 11.1. The van der Waals surface area contributed by atoms with E-state index in [9.17, 15) is 24.0 Å². The number of unbranched alkanes of at least 4 members (excludes halogenated alkanes) is 3. The van der Waals surface area contributed by atoms with Crippen molar-refractivity contribution in [2.45, 2.75) is 149 Å². The Morgan fingerprint density at radius 2 is 1.72 bits per heavy atom. The summed E-state index contributed by atoms with van der Waals surface area (Å²) in [5, 5.41) is 8.28. The van der Waals surface area contributed by atoms with Crippen molar-refractivity contribution in [3.05, 3.63) is 52.0 Å². The number of amides is 3. The zero-order valence-electron chi connectivity index (χ0n) is 36.0. The van der Waals surface area contributed by atoms with Crippen molar-refractivity contribution in [1.82, 2.24) is 25.4 Å². The van der Waals surface area contributed by atoms with E-state index in [1.807, 2.05) is 51.1 Å². The van der Waals surface area contributed by atoms with Gasteiger partial charge in [0, 0.05) is 37.9 Å². The molecule has 1 saturated heterocycles. The first-order chi connectivity index (χ1) is 27.8. The van der Waals surface area contributed by atoms with Crippen LogP contribution in [0.3, 0.4) is 0 Å². The van der Waals surface area contributed by atoms with Crippen LogP contribution in [0.1, 0.15) is 139 Å². The van der Waals surface area contributed by atoms with Gasteiger partial charge in [-0.15, -0.1) is 11.3 Å². The fraction of sp³-hybridized carbons (Fsp3) is 0.682. The molecule has 0 bridgehead atoms. The van der Waals surface area contributed by atoms with Crippen LogP contribution in [0, 0.1) is 11.8 Å². The Morgan fingerprint density at radius 3 is 2.38 bits per heavy atom. The van der Waals surface area contributed by atoms with E-state index in [1.165, 1.54) is 18.3 Å². The van der Waals surface area contributed by atoms with Gasteiger partial charge < -0.3 is 30.7 Å². The van der Waals surface area contributed by atoms with Crippen LogP contribution in [0.25, 0.3) is 0 Å². The molecule has 2 aromatic rings. The van der Waals surface area contributed by atoms with Gasteiger partial charge in [-0.05, 0) is 83.0 Å². The minimum atomic E-state index is -0.824. The van der Waals surface area contributed by atoms with E-state index >= 15 is 0 Å². The summed E-state index contributed by atoms with van der Waals surface area (Å²) in [4.78, 5) is 75.3. The van der Waals surface area contributed by atoms with Crippen LogP contribution in [0.2, 0.25) is 0 Å². The molecule has 4 unspecified atom stereocenters. The van der Waals surface area contributed by atoms with E-state index in [4.69, 9.17) is 15.2 Å². The largest absolute Gasteiger partial charge is 0.466 e. The second kappa shape index (κ2) is 25.6. The molecule has 1 aromatic carbocycles. The summed E-state index contributed by atoms with van der Waals surface area (Å²) in [6.07, 6.45) is 8.50. The molecule has 3 rings (SSSR count). The first kappa shape index (κ1) is 48.5. The van der Waals surface area contributed by atoms with Crippen molar-refractivity contribution in [2.75, 3.05) is 33.3 Å². The Labute approximate surface area is 350 Å². The number of likely N-dealkylation sites (N-methyl/N-ethyl adjacent to an activating group) is 1. The minimum Gasteiger partial charge on any atom is -0.466 e. The van der Waals surface area contributed by atoms with Gasteiger partial charge in [0.25, 0.3) is 5.91 Å². The molecule has 0 aliphatic carbocycles. The second-order valence-electron chi connectivity index (χ2n) is 16.0. The zero-order chi connectivity index (χ0) is 42.6.